The van der Waals surface area contributed by atoms with Gasteiger partial charge in [0.2, 0.25) is 10.0 Å². The van der Waals surface area contributed by atoms with Crippen molar-refractivity contribution in [1.29, 1.82) is 0 Å². The number of rotatable bonds is 5. The quantitative estimate of drug-likeness (QED) is 0.725. The lowest BCUT2D eigenvalue weighted by atomic mass is 10.1. The van der Waals surface area contributed by atoms with Gasteiger partial charge in [-0.25, -0.2) is 12.7 Å². The molecule has 0 saturated carbocycles. The van der Waals surface area contributed by atoms with Gasteiger partial charge in [0.1, 0.15) is 16.2 Å². The van der Waals surface area contributed by atoms with E-state index in [0.29, 0.717) is 11.3 Å². The van der Waals surface area contributed by atoms with E-state index in [0.717, 1.165) is 15.3 Å². The van der Waals surface area contributed by atoms with Crippen LogP contribution in [0, 0.1) is 6.92 Å². The number of ether oxygens (including phenoxy) is 1. The summed E-state index contributed by atoms with van der Waals surface area (Å²) in [5.41, 5.74) is 1.66. The highest BCUT2D eigenvalue weighted by Crippen LogP contribution is 2.30. The summed E-state index contributed by atoms with van der Waals surface area (Å²) in [7, 11) is 0.508. The Morgan fingerprint density at radius 1 is 1.15 bits per heavy atom. The number of benzene rings is 2. The molecule has 0 atom stereocenters. The third-order valence-corrected chi connectivity index (χ3v) is 6.07. The van der Waals surface area contributed by atoms with Gasteiger partial charge in [-0.2, -0.15) is 0 Å². The molecule has 0 radical (unpaired) electrons. The first-order valence-corrected chi connectivity index (χ1v) is 9.59. The average molecular weight is 388 g/mol. The summed E-state index contributed by atoms with van der Waals surface area (Å²) < 4.78 is 36.9. The molecule has 0 spiro atoms. The summed E-state index contributed by atoms with van der Waals surface area (Å²) in [5.74, 6) is -0.0762. The largest absolute Gasteiger partial charge is 0.495 e. The lowest BCUT2D eigenvalue weighted by Crippen LogP contribution is -2.23. The standard InChI is InChI=1S/C19H20N2O5S/c1-12-14-7-5-6-8-15(14)26-18(12)19(22)20-13-9-10-16(25-4)17(11-13)27(23,24)21(2)3/h5-11H,1-4H3,(H,20,22). The maximum atomic E-state index is 12.7. The van der Waals surface area contributed by atoms with Gasteiger partial charge in [0, 0.05) is 30.7 Å². The lowest BCUT2D eigenvalue weighted by molar-refractivity contribution is 0.0998. The van der Waals surface area contributed by atoms with E-state index in [1.807, 2.05) is 18.2 Å². The second-order valence-electron chi connectivity index (χ2n) is 6.16. The van der Waals surface area contributed by atoms with Gasteiger partial charge < -0.3 is 14.5 Å². The van der Waals surface area contributed by atoms with Crippen molar-refractivity contribution in [3.05, 3.63) is 53.8 Å². The summed E-state index contributed by atoms with van der Waals surface area (Å²) in [6, 6.07) is 11.8. The first-order chi connectivity index (χ1) is 12.8. The molecule has 3 rings (SSSR count). The molecule has 1 amide bonds. The van der Waals surface area contributed by atoms with Crippen LogP contribution >= 0.6 is 0 Å². The molecule has 7 nitrogen and oxygen atoms in total. The van der Waals surface area contributed by atoms with E-state index in [-0.39, 0.29) is 16.4 Å². The Hall–Kier alpha value is -2.84. The van der Waals surface area contributed by atoms with E-state index in [2.05, 4.69) is 5.32 Å². The van der Waals surface area contributed by atoms with E-state index < -0.39 is 15.9 Å². The predicted octanol–water partition coefficient (Wildman–Crippen LogP) is 3.25. The molecule has 0 aliphatic rings. The van der Waals surface area contributed by atoms with Crippen LogP contribution in [0.1, 0.15) is 16.1 Å². The number of nitrogens with zero attached hydrogens (tertiary/aromatic N) is 1. The fourth-order valence-corrected chi connectivity index (χ4v) is 3.81. The summed E-state index contributed by atoms with van der Waals surface area (Å²) in [4.78, 5) is 12.6. The molecule has 1 aromatic heterocycles. The zero-order valence-corrected chi connectivity index (χ0v) is 16.3. The minimum absolute atomic E-state index is 0.0332. The summed E-state index contributed by atoms with van der Waals surface area (Å²) >= 11 is 0. The van der Waals surface area contributed by atoms with Gasteiger partial charge in [-0.15, -0.1) is 0 Å². The van der Waals surface area contributed by atoms with Gasteiger partial charge in [-0.1, -0.05) is 18.2 Å². The highest BCUT2D eigenvalue weighted by Gasteiger charge is 2.24. The van der Waals surface area contributed by atoms with Crippen molar-refractivity contribution in [2.24, 2.45) is 0 Å². The van der Waals surface area contributed by atoms with Crippen molar-refractivity contribution in [1.82, 2.24) is 4.31 Å². The van der Waals surface area contributed by atoms with Crippen LogP contribution in [0.4, 0.5) is 5.69 Å². The third kappa shape index (κ3) is 3.41. The highest BCUT2D eigenvalue weighted by molar-refractivity contribution is 7.89. The first kappa shape index (κ1) is 18.9. The number of carbonyl (C=O) groups is 1. The van der Waals surface area contributed by atoms with Crippen molar-refractivity contribution >= 4 is 32.6 Å². The molecule has 0 fully saturated rings. The van der Waals surface area contributed by atoms with Crippen LogP contribution in [0.5, 0.6) is 5.75 Å². The van der Waals surface area contributed by atoms with Crippen LogP contribution in [0.15, 0.2) is 51.8 Å². The number of nitrogens with one attached hydrogen (secondary N) is 1. The van der Waals surface area contributed by atoms with Crippen LogP contribution < -0.4 is 10.1 Å². The fourth-order valence-electron chi connectivity index (χ4n) is 2.73. The monoisotopic (exact) mass is 388 g/mol. The number of anilines is 1. The zero-order chi connectivity index (χ0) is 19.8. The molecule has 0 saturated heterocycles. The molecular weight excluding hydrogens is 368 g/mol. The molecule has 0 bridgehead atoms. The Kier molecular flexibility index (Phi) is 4.95. The second kappa shape index (κ2) is 7.05. The van der Waals surface area contributed by atoms with Gasteiger partial charge in [-0.3, -0.25) is 4.79 Å². The summed E-state index contributed by atoms with van der Waals surface area (Å²) in [6.07, 6.45) is 0. The highest BCUT2D eigenvalue weighted by atomic mass is 32.2. The van der Waals surface area contributed by atoms with Crippen molar-refractivity contribution in [2.45, 2.75) is 11.8 Å². The van der Waals surface area contributed by atoms with E-state index >= 15 is 0 Å². The summed E-state index contributed by atoms with van der Waals surface area (Å²) in [6.45, 7) is 1.80. The van der Waals surface area contributed by atoms with Crippen LogP contribution in [0.25, 0.3) is 11.0 Å². The number of para-hydroxylation sites is 1. The summed E-state index contributed by atoms with van der Waals surface area (Å²) in [5, 5.41) is 3.55. The SMILES string of the molecule is COc1ccc(NC(=O)c2oc3ccccc3c2C)cc1S(=O)(=O)N(C)C. The molecule has 1 heterocycles. The van der Waals surface area contributed by atoms with E-state index in [4.69, 9.17) is 9.15 Å². The molecule has 27 heavy (non-hydrogen) atoms. The Morgan fingerprint density at radius 2 is 1.85 bits per heavy atom. The Balaban J connectivity index is 1.98. The number of methoxy groups -OCH3 is 1. The van der Waals surface area contributed by atoms with Crippen LogP contribution in [-0.4, -0.2) is 39.8 Å². The number of sulfonamides is 1. The molecule has 142 valence electrons. The Morgan fingerprint density at radius 3 is 2.48 bits per heavy atom. The van der Waals surface area contributed by atoms with Gasteiger partial charge >= 0.3 is 0 Å². The minimum atomic E-state index is -3.74. The number of amides is 1. The van der Waals surface area contributed by atoms with Crippen molar-refractivity contribution in [3.63, 3.8) is 0 Å². The molecule has 3 aromatic rings. The second-order valence-corrected chi connectivity index (χ2v) is 8.28. The Bertz CT molecular complexity index is 1120. The molecular formula is C19H20N2O5S. The number of fused-ring (bicyclic) bond motifs is 1. The van der Waals surface area contributed by atoms with Gasteiger partial charge in [0.05, 0.1) is 7.11 Å². The molecule has 0 aliphatic carbocycles. The van der Waals surface area contributed by atoms with E-state index in [1.165, 1.54) is 33.3 Å². The van der Waals surface area contributed by atoms with Gasteiger partial charge in [0.25, 0.3) is 5.91 Å². The van der Waals surface area contributed by atoms with Crippen LogP contribution in [0.2, 0.25) is 0 Å². The van der Waals surface area contributed by atoms with Crippen molar-refractivity contribution in [2.75, 3.05) is 26.5 Å². The number of hydrogen-bond acceptors (Lipinski definition) is 5. The predicted molar refractivity (Wildman–Crippen MR) is 103 cm³/mol. The fraction of sp³-hybridized carbons (Fsp3) is 0.211. The maximum absolute atomic E-state index is 12.7. The Labute approximate surface area is 157 Å². The van der Waals surface area contributed by atoms with Gasteiger partial charge in [-0.05, 0) is 31.2 Å². The zero-order valence-electron chi connectivity index (χ0n) is 15.4. The average Bonchev–Trinajstić information content (AvgIpc) is 2.98. The van der Waals surface area contributed by atoms with Crippen molar-refractivity contribution in [3.8, 4) is 5.75 Å². The molecule has 8 heteroatoms. The lowest BCUT2D eigenvalue weighted by Gasteiger charge is -2.15. The normalized spacial score (nSPS) is 11.7. The first-order valence-electron chi connectivity index (χ1n) is 8.15. The number of carbonyl (C=O) groups excluding carboxylic acids is 1. The molecule has 0 aliphatic heterocycles. The van der Waals surface area contributed by atoms with E-state index in [1.54, 1.807) is 19.1 Å². The number of furan rings is 1. The third-order valence-electron chi connectivity index (χ3n) is 4.23. The number of aryl methyl sites for hydroxylation is 1. The van der Waals surface area contributed by atoms with Crippen molar-refractivity contribution < 1.29 is 22.4 Å². The molecule has 0 unspecified atom stereocenters. The molecule has 2 aromatic carbocycles. The van der Waals surface area contributed by atoms with Crippen LogP contribution in [-0.2, 0) is 10.0 Å². The van der Waals surface area contributed by atoms with E-state index in [9.17, 15) is 13.2 Å². The topological polar surface area (TPSA) is 88.8 Å². The molecule has 1 N–H and O–H groups in total. The van der Waals surface area contributed by atoms with Gasteiger partial charge in [0.15, 0.2) is 5.76 Å². The van der Waals surface area contributed by atoms with Crippen LogP contribution in [0.3, 0.4) is 0 Å². The number of hydrogen-bond donors (Lipinski definition) is 1. The smallest absolute Gasteiger partial charge is 0.291 e. The minimum Gasteiger partial charge on any atom is -0.495 e. The maximum Gasteiger partial charge on any atom is 0.291 e.